The Morgan fingerprint density at radius 2 is 2.19 bits per heavy atom. The molecule has 0 saturated heterocycles. The van der Waals surface area contributed by atoms with Gasteiger partial charge in [0.25, 0.3) is 5.91 Å². The van der Waals surface area contributed by atoms with E-state index in [-0.39, 0.29) is 17.2 Å². The first-order valence-electron chi connectivity index (χ1n) is 5.38. The van der Waals surface area contributed by atoms with Gasteiger partial charge in [-0.25, -0.2) is 0 Å². The third kappa shape index (κ3) is 2.76. The van der Waals surface area contributed by atoms with Gasteiger partial charge < -0.3 is 9.84 Å². The standard InChI is InChI=1S/C11H17ClN2O2/c1-4-11(5-2,7-12)13-10(15)9-6-8(3)14-16-9/h6H,4-5,7H2,1-3H3,(H,13,15). The number of hydrogen-bond acceptors (Lipinski definition) is 3. The van der Waals surface area contributed by atoms with Crippen molar-refractivity contribution in [3.8, 4) is 0 Å². The van der Waals surface area contributed by atoms with Gasteiger partial charge >= 0.3 is 0 Å². The Morgan fingerprint density at radius 1 is 1.56 bits per heavy atom. The normalized spacial score (nSPS) is 11.5. The molecule has 0 radical (unpaired) electrons. The molecule has 1 N–H and O–H groups in total. The molecule has 0 aliphatic rings. The highest BCUT2D eigenvalue weighted by molar-refractivity contribution is 6.18. The molecule has 0 bridgehead atoms. The summed E-state index contributed by atoms with van der Waals surface area (Å²) in [6.07, 6.45) is 1.57. The van der Waals surface area contributed by atoms with Gasteiger partial charge in [-0.15, -0.1) is 11.6 Å². The van der Waals surface area contributed by atoms with Gasteiger partial charge in [0.1, 0.15) is 0 Å². The van der Waals surface area contributed by atoms with Crippen LogP contribution in [-0.4, -0.2) is 22.5 Å². The lowest BCUT2D eigenvalue weighted by atomic mass is 9.95. The molecule has 1 aromatic rings. The maximum atomic E-state index is 11.8. The van der Waals surface area contributed by atoms with Crippen LogP contribution < -0.4 is 5.32 Å². The number of nitrogens with zero attached hydrogens (tertiary/aromatic N) is 1. The summed E-state index contributed by atoms with van der Waals surface area (Å²) in [5.41, 5.74) is 0.328. The first kappa shape index (κ1) is 13.0. The number of rotatable bonds is 5. The number of hydrogen-bond donors (Lipinski definition) is 1. The van der Waals surface area contributed by atoms with Crippen molar-refractivity contribution in [1.29, 1.82) is 0 Å². The molecule has 0 atom stereocenters. The number of aromatic nitrogens is 1. The minimum atomic E-state index is -0.362. The van der Waals surface area contributed by atoms with Crippen LogP contribution in [-0.2, 0) is 0 Å². The van der Waals surface area contributed by atoms with Crippen LogP contribution in [0.25, 0.3) is 0 Å². The van der Waals surface area contributed by atoms with Gasteiger partial charge in [0.15, 0.2) is 0 Å². The molecular formula is C11H17ClN2O2. The van der Waals surface area contributed by atoms with Crippen LogP contribution in [0.15, 0.2) is 10.6 Å². The van der Waals surface area contributed by atoms with E-state index in [0.29, 0.717) is 11.6 Å². The molecule has 0 fully saturated rings. The highest BCUT2D eigenvalue weighted by atomic mass is 35.5. The average molecular weight is 245 g/mol. The number of aryl methyl sites for hydroxylation is 1. The topological polar surface area (TPSA) is 55.1 Å². The summed E-state index contributed by atoms with van der Waals surface area (Å²) in [4.78, 5) is 11.8. The van der Waals surface area contributed by atoms with Gasteiger partial charge in [0, 0.05) is 11.9 Å². The predicted molar refractivity (Wildman–Crippen MR) is 62.7 cm³/mol. The number of nitrogens with one attached hydrogen (secondary N) is 1. The lowest BCUT2D eigenvalue weighted by Gasteiger charge is -2.29. The highest BCUT2D eigenvalue weighted by Gasteiger charge is 2.28. The van der Waals surface area contributed by atoms with E-state index < -0.39 is 0 Å². The molecule has 0 aliphatic heterocycles. The van der Waals surface area contributed by atoms with Crippen LogP contribution >= 0.6 is 11.6 Å². The average Bonchev–Trinajstić information content (AvgIpc) is 2.73. The van der Waals surface area contributed by atoms with Gasteiger partial charge in [0.2, 0.25) is 5.76 Å². The van der Waals surface area contributed by atoms with E-state index in [1.165, 1.54) is 0 Å². The van der Waals surface area contributed by atoms with Crippen LogP contribution in [0, 0.1) is 6.92 Å². The third-order valence-electron chi connectivity index (χ3n) is 2.84. The molecular weight excluding hydrogens is 228 g/mol. The summed E-state index contributed by atoms with van der Waals surface area (Å²) in [6, 6.07) is 1.61. The van der Waals surface area contributed by atoms with Crippen LogP contribution in [0.3, 0.4) is 0 Å². The second-order valence-corrected chi connectivity index (χ2v) is 4.17. The first-order chi connectivity index (χ1) is 7.56. The zero-order valence-electron chi connectivity index (χ0n) is 9.84. The molecule has 0 aliphatic carbocycles. The largest absolute Gasteiger partial charge is 0.351 e. The summed E-state index contributed by atoms with van der Waals surface area (Å²) in [5, 5.41) is 6.58. The molecule has 1 aromatic heterocycles. The van der Waals surface area contributed by atoms with E-state index in [9.17, 15) is 4.79 Å². The fraction of sp³-hybridized carbons (Fsp3) is 0.636. The van der Waals surface area contributed by atoms with Crippen molar-refractivity contribution in [2.24, 2.45) is 0 Å². The molecule has 90 valence electrons. The van der Waals surface area contributed by atoms with E-state index in [0.717, 1.165) is 12.8 Å². The van der Waals surface area contributed by atoms with Crippen molar-refractivity contribution in [3.05, 3.63) is 17.5 Å². The van der Waals surface area contributed by atoms with Crippen molar-refractivity contribution >= 4 is 17.5 Å². The number of carbonyl (C=O) groups is 1. The molecule has 0 spiro atoms. The molecule has 16 heavy (non-hydrogen) atoms. The minimum absolute atomic E-state index is 0.230. The third-order valence-corrected chi connectivity index (χ3v) is 3.35. The van der Waals surface area contributed by atoms with Crippen molar-refractivity contribution < 1.29 is 9.32 Å². The fourth-order valence-corrected chi connectivity index (χ4v) is 1.87. The summed E-state index contributed by atoms with van der Waals surface area (Å²) in [6.45, 7) is 5.77. The summed E-state index contributed by atoms with van der Waals surface area (Å²) >= 11 is 5.90. The number of carbonyl (C=O) groups excluding carboxylic acids is 1. The molecule has 0 unspecified atom stereocenters. The zero-order valence-corrected chi connectivity index (χ0v) is 10.6. The first-order valence-corrected chi connectivity index (χ1v) is 5.92. The van der Waals surface area contributed by atoms with Gasteiger partial charge in [-0.2, -0.15) is 0 Å². The summed E-state index contributed by atoms with van der Waals surface area (Å²) in [7, 11) is 0. The Labute approximate surface area is 100 Å². The van der Waals surface area contributed by atoms with Crippen LogP contribution in [0.1, 0.15) is 42.9 Å². The Bertz CT molecular complexity index is 350. The van der Waals surface area contributed by atoms with Gasteiger partial charge in [-0.1, -0.05) is 19.0 Å². The van der Waals surface area contributed by atoms with E-state index in [4.69, 9.17) is 16.1 Å². The van der Waals surface area contributed by atoms with E-state index >= 15 is 0 Å². The quantitative estimate of drug-likeness (QED) is 0.810. The number of amides is 1. The maximum absolute atomic E-state index is 11.8. The lowest BCUT2D eigenvalue weighted by molar-refractivity contribution is 0.0864. The molecule has 5 heteroatoms. The molecule has 4 nitrogen and oxygen atoms in total. The smallest absolute Gasteiger partial charge is 0.290 e. The Hall–Kier alpha value is -1.03. The molecule has 1 rings (SSSR count). The second-order valence-electron chi connectivity index (χ2n) is 3.91. The lowest BCUT2D eigenvalue weighted by Crippen LogP contribution is -2.49. The number of halogens is 1. The maximum Gasteiger partial charge on any atom is 0.290 e. The SMILES string of the molecule is CCC(CC)(CCl)NC(=O)c1cc(C)no1. The van der Waals surface area contributed by atoms with Gasteiger partial charge in [-0.05, 0) is 19.8 Å². The highest BCUT2D eigenvalue weighted by Crippen LogP contribution is 2.18. The predicted octanol–water partition coefficient (Wildman–Crippen LogP) is 2.51. The molecule has 0 saturated carbocycles. The fourth-order valence-electron chi connectivity index (χ4n) is 1.42. The van der Waals surface area contributed by atoms with Crippen LogP contribution in [0.4, 0.5) is 0 Å². The summed E-state index contributed by atoms with van der Waals surface area (Å²) < 4.78 is 4.90. The van der Waals surface area contributed by atoms with Crippen molar-refractivity contribution in [2.75, 3.05) is 5.88 Å². The van der Waals surface area contributed by atoms with E-state index in [1.54, 1.807) is 13.0 Å². The van der Waals surface area contributed by atoms with Crippen molar-refractivity contribution in [2.45, 2.75) is 39.2 Å². The Kier molecular flexibility index (Phi) is 4.35. The molecule has 1 amide bonds. The van der Waals surface area contributed by atoms with Gasteiger partial charge in [-0.3, -0.25) is 4.79 Å². The van der Waals surface area contributed by atoms with Crippen LogP contribution in [0.2, 0.25) is 0 Å². The minimum Gasteiger partial charge on any atom is -0.351 e. The van der Waals surface area contributed by atoms with Gasteiger partial charge in [0.05, 0.1) is 11.2 Å². The zero-order chi connectivity index (χ0) is 12.2. The monoisotopic (exact) mass is 244 g/mol. The summed E-state index contributed by atoms with van der Waals surface area (Å²) in [5.74, 6) is 0.359. The van der Waals surface area contributed by atoms with Crippen molar-refractivity contribution in [1.82, 2.24) is 10.5 Å². The Balaban J connectivity index is 2.76. The van der Waals surface area contributed by atoms with E-state index in [1.807, 2.05) is 13.8 Å². The van der Waals surface area contributed by atoms with E-state index in [2.05, 4.69) is 10.5 Å². The van der Waals surface area contributed by atoms with Crippen molar-refractivity contribution in [3.63, 3.8) is 0 Å². The second kappa shape index (κ2) is 5.34. The molecule has 1 heterocycles. The number of alkyl halides is 1. The molecule has 0 aromatic carbocycles. The van der Waals surface area contributed by atoms with Crippen LogP contribution in [0.5, 0.6) is 0 Å². The Morgan fingerprint density at radius 3 is 2.56 bits per heavy atom.